The highest BCUT2D eigenvalue weighted by Gasteiger charge is 2.20. The van der Waals surface area contributed by atoms with Crippen molar-refractivity contribution in [3.05, 3.63) is 47.0 Å². The van der Waals surface area contributed by atoms with Gasteiger partial charge in [-0.05, 0) is 18.2 Å². The van der Waals surface area contributed by atoms with Gasteiger partial charge in [0.2, 0.25) is 0 Å². The van der Waals surface area contributed by atoms with E-state index in [2.05, 4.69) is 10.4 Å². The van der Waals surface area contributed by atoms with E-state index in [1.807, 2.05) is 23.7 Å². The lowest BCUT2D eigenvalue weighted by Gasteiger charge is -2.19. The van der Waals surface area contributed by atoms with Crippen LogP contribution in [-0.4, -0.2) is 16.7 Å². The van der Waals surface area contributed by atoms with Gasteiger partial charge in [-0.1, -0.05) is 11.6 Å². The molecule has 0 bridgehead atoms. The number of aromatic nitrogens is 2. The highest BCUT2D eigenvalue weighted by atomic mass is 35.5. The van der Waals surface area contributed by atoms with Crippen LogP contribution in [0.15, 0.2) is 30.7 Å². The fourth-order valence-electron chi connectivity index (χ4n) is 1.91. The maximum Gasteiger partial charge on any atom is 0.124 e. The smallest absolute Gasteiger partial charge is 0.124 e. The summed E-state index contributed by atoms with van der Waals surface area (Å²) in [4.78, 5) is 4.09. The molecule has 0 radical (unpaired) electrons. The predicted octanol–water partition coefficient (Wildman–Crippen LogP) is 1.63. The molecule has 1 heterocycles. The lowest BCUT2D eigenvalue weighted by Crippen LogP contribution is -2.30. The number of methoxy groups -OCH3 is 1. The van der Waals surface area contributed by atoms with Crippen molar-refractivity contribution >= 4 is 11.6 Å². The predicted molar refractivity (Wildman–Crippen MR) is 70.4 cm³/mol. The Morgan fingerprint density at radius 3 is 2.83 bits per heavy atom. The van der Waals surface area contributed by atoms with E-state index in [0.29, 0.717) is 5.02 Å². The van der Waals surface area contributed by atoms with Crippen LogP contribution in [-0.2, 0) is 7.05 Å². The van der Waals surface area contributed by atoms with Crippen molar-refractivity contribution in [1.29, 1.82) is 0 Å². The number of nitrogens with two attached hydrogens (primary N) is 1. The van der Waals surface area contributed by atoms with Crippen molar-refractivity contribution in [3.63, 3.8) is 0 Å². The topological polar surface area (TPSA) is 65.1 Å². The van der Waals surface area contributed by atoms with Gasteiger partial charge in [0.25, 0.3) is 0 Å². The highest BCUT2D eigenvalue weighted by molar-refractivity contribution is 6.30. The molecule has 1 aromatic carbocycles. The lowest BCUT2D eigenvalue weighted by molar-refractivity contribution is 0.403. The number of aryl methyl sites for hydroxylation is 1. The molecule has 1 unspecified atom stereocenters. The van der Waals surface area contributed by atoms with Gasteiger partial charge in [0.15, 0.2) is 0 Å². The van der Waals surface area contributed by atoms with Crippen LogP contribution < -0.4 is 16.0 Å². The summed E-state index contributed by atoms with van der Waals surface area (Å²) < 4.78 is 7.23. The van der Waals surface area contributed by atoms with Gasteiger partial charge < -0.3 is 9.30 Å². The largest absolute Gasteiger partial charge is 0.496 e. The molecule has 0 saturated heterocycles. The summed E-state index contributed by atoms with van der Waals surface area (Å²) in [6.07, 6.45) is 3.47. The molecule has 5 nitrogen and oxygen atoms in total. The van der Waals surface area contributed by atoms with Gasteiger partial charge in [-0.2, -0.15) is 0 Å². The molecule has 0 aliphatic heterocycles. The molecular weight excluding hydrogens is 252 g/mol. The number of hydrogen-bond donors (Lipinski definition) is 2. The summed E-state index contributed by atoms with van der Waals surface area (Å²) in [5, 5.41) is 0.633. The first-order chi connectivity index (χ1) is 8.67. The Hall–Kier alpha value is -1.56. The molecule has 0 amide bonds. The van der Waals surface area contributed by atoms with Crippen molar-refractivity contribution in [2.45, 2.75) is 6.04 Å². The molecular formula is C12H15ClN4O. The first-order valence-electron chi connectivity index (χ1n) is 5.43. The summed E-state index contributed by atoms with van der Waals surface area (Å²) in [5.41, 5.74) is 4.56. The van der Waals surface area contributed by atoms with E-state index in [-0.39, 0.29) is 6.04 Å². The fourth-order valence-corrected chi connectivity index (χ4v) is 2.09. The van der Waals surface area contributed by atoms with Crippen LogP contribution in [0.2, 0.25) is 5.02 Å². The van der Waals surface area contributed by atoms with Crippen LogP contribution >= 0.6 is 11.6 Å². The quantitative estimate of drug-likeness (QED) is 0.652. The number of imidazole rings is 1. The second kappa shape index (κ2) is 5.39. The maximum absolute atomic E-state index is 6.03. The number of benzene rings is 1. The Morgan fingerprint density at radius 1 is 1.50 bits per heavy atom. The molecule has 0 aliphatic carbocycles. The van der Waals surface area contributed by atoms with Crippen LogP contribution in [0.5, 0.6) is 5.75 Å². The minimum atomic E-state index is -0.230. The van der Waals surface area contributed by atoms with E-state index in [4.69, 9.17) is 22.2 Å². The second-order valence-electron chi connectivity index (χ2n) is 3.92. The van der Waals surface area contributed by atoms with Gasteiger partial charge in [0.05, 0.1) is 31.4 Å². The third-order valence-electron chi connectivity index (χ3n) is 2.82. The molecule has 3 N–H and O–H groups in total. The van der Waals surface area contributed by atoms with E-state index >= 15 is 0 Å². The third kappa shape index (κ3) is 2.33. The molecule has 0 fully saturated rings. The van der Waals surface area contributed by atoms with E-state index in [0.717, 1.165) is 17.0 Å². The standard InChI is InChI=1S/C12H15ClN4O/c1-17-7-15-6-10(17)12(16-14)9-5-8(13)3-4-11(9)18-2/h3-7,12,16H,14H2,1-2H3. The second-order valence-corrected chi connectivity index (χ2v) is 4.35. The third-order valence-corrected chi connectivity index (χ3v) is 3.05. The van der Waals surface area contributed by atoms with Crippen LogP contribution in [0.4, 0.5) is 0 Å². The van der Waals surface area contributed by atoms with Crippen molar-refractivity contribution in [3.8, 4) is 5.75 Å². The average molecular weight is 267 g/mol. The Kier molecular flexibility index (Phi) is 3.86. The molecule has 1 atom stereocenters. The Balaban J connectivity index is 2.51. The van der Waals surface area contributed by atoms with Gasteiger partial charge in [-0.3, -0.25) is 5.84 Å². The normalized spacial score (nSPS) is 12.4. The lowest BCUT2D eigenvalue weighted by atomic mass is 10.0. The first kappa shape index (κ1) is 12.9. The molecule has 2 rings (SSSR count). The van der Waals surface area contributed by atoms with E-state index in [9.17, 15) is 0 Å². The minimum absolute atomic E-state index is 0.230. The number of nitrogens with zero attached hydrogens (tertiary/aromatic N) is 2. The van der Waals surface area contributed by atoms with Crippen molar-refractivity contribution < 1.29 is 4.74 Å². The molecule has 0 spiro atoms. The van der Waals surface area contributed by atoms with E-state index in [1.54, 1.807) is 25.7 Å². The van der Waals surface area contributed by atoms with Crippen LogP contribution in [0.3, 0.4) is 0 Å². The SMILES string of the molecule is COc1ccc(Cl)cc1C(NN)c1cncn1C. The zero-order valence-electron chi connectivity index (χ0n) is 10.2. The first-order valence-corrected chi connectivity index (χ1v) is 5.81. The van der Waals surface area contributed by atoms with Gasteiger partial charge in [-0.25, -0.2) is 10.4 Å². The number of halogens is 1. The average Bonchev–Trinajstić information content (AvgIpc) is 2.77. The molecule has 0 saturated carbocycles. The molecule has 18 heavy (non-hydrogen) atoms. The number of rotatable bonds is 4. The van der Waals surface area contributed by atoms with Gasteiger partial charge in [0.1, 0.15) is 5.75 Å². The molecule has 96 valence electrons. The molecule has 1 aromatic heterocycles. The van der Waals surface area contributed by atoms with E-state index in [1.165, 1.54) is 0 Å². The van der Waals surface area contributed by atoms with Crippen molar-refractivity contribution in [2.75, 3.05) is 7.11 Å². The van der Waals surface area contributed by atoms with Crippen LogP contribution in [0, 0.1) is 0 Å². The van der Waals surface area contributed by atoms with Crippen LogP contribution in [0.1, 0.15) is 17.3 Å². The molecule has 0 aliphatic rings. The monoisotopic (exact) mass is 266 g/mol. The van der Waals surface area contributed by atoms with E-state index < -0.39 is 0 Å². The molecule has 6 heteroatoms. The summed E-state index contributed by atoms with van der Waals surface area (Å²) in [6.45, 7) is 0. The summed E-state index contributed by atoms with van der Waals surface area (Å²) in [6, 6.07) is 5.20. The number of hydrazine groups is 1. The van der Waals surface area contributed by atoms with Crippen LogP contribution in [0.25, 0.3) is 0 Å². The Labute approximate surface area is 110 Å². The maximum atomic E-state index is 6.03. The number of nitrogens with one attached hydrogen (secondary N) is 1. The molecule has 2 aromatic rings. The number of hydrogen-bond acceptors (Lipinski definition) is 4. The van der Waals surface area contributed by atoms with Crippen molar-refractivity contribution in [1.82, 2.24) is 15.0 Å². The zero-order chi connectivity index (χ0) is 13.1. The minimum Gasteiger partial charge on any atom is -0.496 e. The van der Waals surface area contributed by atoms with Gasteiger partial charge in [-0.15, -0.1) is 0 Å². The zero-order valence-corrected chi connectivity index (χ0v) is 11.0. The Bertz CT molecular complexity index is 541. The fraction of sp³-hybridized carbons (Fsp3) is 0.250. The summed E-state index contributed by atoms with van der Waals surface area (Å²) in [7, 11) is 3.52. The van der Waals surface area contributed by atoms with Gasteiger partial charge in [0, 0.05) is 17.6 Å². The van der Waals surface area contributed by atoms with Gasteiger partial charge >= 0.3 is 0 Å². The summed E-state index contributed by atoms with van der Waals surface area (Å²) in [5.74, 6) is 6.37. The highest BCUT2D eigenvalue weighted by Crippen LogP contribution is 2.31. The van der Waals surface area contributed by atoms with Crippen molar-refractivity contribution in [2.24, 2.45) is 12.9 Å². The Morgan fingerprint density at radius 2 is 2.28 bits per heavy atom. The number of ether oxygens (including phenoxy) is 1. The summed E-state index contributed by atoms with van der Waals surface area (Å²) >= 11 is 6.03.